The van der Waals surface area contributed by atoms with Crippen molar-refractivity contribution >= 4 is 28.5 Å². The van der Waals surface area contributed by atoms with E-state index in [9.17, 15) is 10.2 Å². The average Bonchev–Trinajstić information content (AvgIpc) is 3.03. The molecule has 12 nitrogen and oxygen atoms in total. The van der Waals surface area contributed by atoms with E-state index in [0.29, 0.717) is 0 Å². The van der Waals surface area contributed by atoms with Gasteiger partial charge >= 0.3 is 0 Å². The number of nitrogen functional groups attached to an aromatic ring is 3. The van der Waals surface area contributed by atoms with Gasteiger partial charge in [0.15, 0.2) is 18.9 Å². The first-order chi connectivity index (χ1) is 11.4. The molecule has 1 aliphatic heterocycles. The summed E-state index contributed by atoms with van der Waals surface area (Å²) in [5.74, 6) is 5.44. The van der Waals surface area contributed by atoms with E-state index in [1.807, 2.05) is 0 Å². The smallest absolute Gasteiger partial charge is 0.173 e. The van der Waals surface area contributed by atoms with Crippen LogP contribution in [0.1, 0.15) is 11.8 Å². The Bertz CT molecular complexity index is 793. The second-order valence-electron chi connectivity index (χ2n) is 5.36. The summed E-state index contributed by atoms with van der Waals surface area (Å²) >= 11 is 0. The Balaban J connectivity index is 2.29. The Morgan fingerprint density at radius 2 is 2.12 bits per heavy atom. The fourth-order valence-corrected chi connectivity index (χ4v) is 2.92. The number of aliphatic hydroxyl groups is 2. The Morgan fingerprint density at radius 3 is 2.67 bits per heavy atom. The lowest BCUT2D eigenvalue weighted by molar-refractivity contribution is -0.0499. The Kier molecular flexibility index (Phi) is 3.98. The zero-order valence-electron chi connectivity index (χ0n) is 12.5. The van der Waals surface area contributed by atoms with Crippen molar-refractivity contribution in [2.75, 3.05) is 17.8 Å². The summed E-state index contributed by atoms with van der Waals surface area (Å²) < 4.78 is 6.93. The molecule has 3 rings (SSSR count). The fraction of sp³-hybridized carbons (Fsp3) is 0.417. The van der Waals surface area contributed by atoms with Gasteiger partial charge in [0, 0.05) is 0 Å². The zero-order chi connectivity index (χ0) is 17.6. The molecule has 0 aliphatic carbocycles. The van der Waals surface area contributed by atoms with Crippen molar-refractivity contribution < 1.29 is 20.1 Å². The van der Waals surface area contributed by atoms with Crippen LogP contribution in [0.4, 0.5) is 11.6 Å². The maximum Gasteiger partial charge on any atom is 0.173 e. The summed E-state index contributed by atoms with van der Waals surface area (Å²) in [6.45, 7) is -0.240. The van der Waals surface area contributed by atoms with Gasteiger partial charge in [0.05, 0.1) is 10.9 Å². The van der Waals surface area contributed by atoms with E-state index in [2.05, 4.69) is 15.4 Å². The zero-order valence-corrected chi connectivity index (χ0v) is 12.5. The molecular formula is C12H19N8O4+. The number of anilines is 2. The minimum absolute atomic E-state index is 0.0746. The summed E-state index contributed by atoms with van der Waals surface area (Å²) in [6, 6.07) is 0. The third kappa shape index (κ3) is 2.16. The first-order valence-corrected chi connectivity index (χ1v) is 7.03. The maximum atomic E-state index is 10.3. The van der Waals surface area contributed by atoms with Gasteiger partial charge in [-0.25, -0.2) is 15.8 Å². The number of ether oxygens (including phenoxy) is 1. The molecule has 0 bridgehead atoms. The maximum absolute atomic E-state index is 10.3. The monoisotopic (exact) mass is 339 g/mol. The normalized spacial score (nSPS) is 26.8. The van der Waals surface area contributed by atoms with Gasteiger partial charge in [-0.2, -0.15) is 0 Å². The van der Waals surface area contributed by atoms with Crippen molar-refractivity contribution in [1.29, 1.82) is 5.41 Å². The lowest BCUT2D eigenvalue weighted by Crippen LogP contribution is -2.33. The van der Waals surface area contributed by atoms with Crippen molar-refractivity contribution in [2.45, 2.75) is 24.5 Å². The summed E-state index contributed by atoms with van der Waals surface area (Å²) in [4.78, 5) is 7.99. The standard InChI is InChI=1S/C12H18N8O4/c13-8(14)4-5-9(15)17-2-18-10(5)20(11(4)19-16)12-7(23)6(22)3(1-21)24-12/h2-3,6-7,12,19,21-23H,1,16H2,(H3,13,14)(H2,15,17,18)/p+1/t3-,6-,7-,12-/m1/s1. The molecule has 0 saturated carbocycles. The number of hydrogen-bond donors (Lipinski definition) is 7. The van der Waals surface area contributed by atoms with E-state index in [1.165, 1.54) is 10.9 Å². The summed E-state index contributed by atoms with van der Waals surface area (Å²) in [5.41, 5.74) is 14.3. The van der Waals surface area contributed by atoms with Crippen LogP contribution in [0.15, 0.2) is 6.33 Å². The highest BCUT2D eigenvalue weighted by Gasteiger charge is 2.46. The van der Waals surface area contributed by atoms with Crippen LogP contribution in [0.5, 0.6) is 0 Å². The van der Waals surface area contributed by atoms with E-state index in [-0.39, 0.29) is 40.7 Å². The topological polar surface area (TPSA) is 217 Å². The molecule has 1 saturated heterocycles. The number of rotatable bonds is 4. The van der Waals surface area contributed by atoms with Gasteiger partial charge in [-0.05, 0) is 0 Å². The number of fused-ring (bicyclic) bond motifs is 1. The largest absolute Gasteiger partial charge is 0.443 e. The second-order valence-corrected chi connectivity index (χ2v) is 5.36. The summed E-state index contributed by atoms with van der Waals surface area (Å²) in [5, 5.41) is 35.8. The van der Waals surface area contributed by atoms with Crippen molar-refractivity contribution in [3.8, 4) is 0 Å². The highest BCUT2D eigenvalue weighted by atomic mass is 16.6. The molecule has 0 aromatic carbocycles. The highest BCUT2D eigenvalue weighted by molar-refractivity contribution is 6.14. The number of nitrogens with zero attached hydrogens (tertiary/aromatic N) is 3. The first-order valence-electron chi connectivity index (χ1n) is 7.03. The molecule has 24 heavy (non-hydrogen) atoms. The van der Waals surface area contributed by atoms with Gasteiger partial charge in [0.25, 0.3) is 0 Å². The van der Waals surface area contributed by atoms with Gasteiger partial charge in [0.1, 0.15) is 41.7 Å². The van der Waals surface area contributed by atoms with Crippen molar-refractivity contribution in [3.63, 3.8) is 0 Å². The van der Waals surface area contributed by atoms with E-state index < -0.39 is 24.5 Å². The number of aliphatic hydroxyl groups excluding tert-OH is 2. The summed E-state index contributed by atoms with van der Waals surface area (Å²) in [6.07, 6.45) is -3.35. The van der Waals surface area contributed by atoms with E-state index in [0.717, 1.165) is 0 Å². The number of nitrogens with one attached hydrogen (secondary N) is 2. The van der Waals surface area contributed by atoms with Crippen LogP contribution in [-0.4, -0.2) is 60.6 Å². The van der Waals surface area contributed by atoms with E-state index in [1.54, 1.807) is 0 Å². The molecule has 130 valence electrons. The number of hydrazine groups is 1. The summed E-state index contributed by atoms with van der Waals surface area (Å²) in [7, 11) is 0. The van der Waals surface area contributed by atoms with Crippen molar-refractivity contribution in [1.82, 2.24) is 14.5 Å². The number of nitrogens with two attached hydrogens (primary N) is 3. The lowest BCUT2D eigenvalue weighted by Gasteiger charge is -2.20. The number of aromatic nitrogens is 3. The van der Waals surface area contributed by atoms with Crippen LogP contribution >= 0.6 is 0 Å². The SMILES string of the molecule is N=C(N)c1c(NN)n([C@@H]2O[C@H](C[OH2+])[C@@H](O)[C@H]2O)c2ncnc(N)c12. The molecular weight excluding hydrogens is 320 g/mol. The molecule has 0 spiro atoms. The van der Waals surface area contributed by atoms with Crippen LogP contribution in [-0.2, 0) is 4.74 Å². The number of hydrogen-bond acceptors (Lipinski definition) is 9. The van der Waals surface area contributed by atoms with Gasteiger partial charge in [-0.3, -0.25) is 9.98 Å². The van der Waals surface area contributed by atoms with Crippen LogP contribution in [0.2, 0.25) is 0 Å². The number of amidine groups is 1. The molecule has 3 heterocycles. The van der Waals surface area contributed by atoms with Crippen molar-refractivity contribution in [3.05, 3.63) is 11.9 Å². The molecule has 1 aliphatic rings. The van der Waals surface area contributed by atoms with E-state index in [4.69, 9.17) is 32.6 Å². The van der Waals surface area contributed by atoms with Gasteiger partial charge in [-0.15, -0.1) is 0 Å². The Labute approximate surface area is 135 Å². The molecule has 12 heteroatoms. The molecule has 0 radical (unpaired) electrons. The van der Waals surface area contributed by atoms with Gasteiger partial charge in [-0.1, -0.05) is 0 Å². The molecule has 12 N–H and O–H groups in total. The molecule has 1 fully saturated rings. The van der Waals surface area contributed by atoms with Crippen molar-refractivity contribution in [2.24, 2.45) is 11.6 Å². The predicted octanol–water partition coefficient (Wildman–Crippen LogP) is -3.07. The highest BCUT2D eigenvalue weighted by Crippen LogP contribution is 2.39. The Hall–Kier alpha value is -2.51. The fourth-order valence-electron chi connectivity index (χ4n) is 2.92. The molecule has 4 atom stereocenters. The molecule has 0 amide bonds. The second kappa shape index (κ2) is 5.85. The quantitative estimate of drug-likeness (QED) is 0.0986. The predicted molar refractivity (Wildman–Crippen MR) is 85.2 cm³/mol. The molecule has 2 aromatic rings. The van der Waals surface area contributed by atoms with Crippen LogP contribution < -0.4 is 22.7 Å². The third-order valence-electron chi connectivity index (χ3n) is 4.01. The van der Waals surface area contributed by atoms with Gasteiger partial charge < -0.3 is 36.9 Å². The molecule has 0 unspecified atom stereocenters. The van der Waals surface area contributed by atoms with Crippen LogP contribution in [0.3, 0.4) is 0 Å². The van der Waals surface area contributed by atoms with E-state index >= 15 is 0 Å². The lowest BCUT2D eigenvalue weighted by atomic mass is 10.1. The molecule has 2 aromatic heterocycles. The van der Waals surface area contributed by atoms with Gasteiger partial charge in [0.2, 0.25) is 0 Å². The minimum Gasteiger partial charge on any atom is -0.443 e. The third-order valence-corrected chi connectivity index (χ3v) is 4.01. The Morgan fingerprint density at radius 1 is 1.42 bits per heavy atom. The first kappa shape index (κ1) is 16.4. The average molecular weight is 339 g/mol. The van der Waals surface area contributed by atoms with Crippen LogP contribution in [0.25, 0.3) is 11.0 Å². The minimum atomic E-state index is -1.33. The van der Waals surface area contributed by atoms with Crippen LogP contribution in [0, 0.1) is 5.41 Å².